The van der Waals surface area contributed by atoms with Gasteiger partial charge in [-0.05, 0) is 66.9 Å². The van der Waals surface area contributed by atoms with Gasteiger partial charge in [-0.15, -0.1) is 0 Å². The lowest BCUT2D eigenvalue weighted by molar-refractivity contribution is -0.385. The van der Waals surface area contributed by atoms with Crippen molar-refractivity contribution in [3.63, 3.8) is 0 Å². The summed E-state index contributed by atoms with van der Waals surface area (Å²) in [5, 5.41) is 14.4. The predicted molar refractivity (Wildman–Crippen MR) is 125 cm³/mol. The molecule has 1 aliphatic rings. The van der Waals surface area contributed by atoms with E-state index in [1.807, 2.05) is 6.07 Å². The van der Waals surface area contributed by atoms with Crippen molar-refractivity contribution in [2.75, 3.05) is 11.9 Å². The molecule has 0 spiro atoms. The topological polar surface area (TPSA) is 110 Å². The first kappa shape index (κ1) is 22.9. The van der Waals surface area contributed by atoms with E-state index in [0.29, 0.717) is 23.7 Å². The maximum atomic E-state index is 13.0. The van der Waals surface area contributed by atoms with E-state index in [-0.39, 0.29) is 28.3 Å². The second-order valence-electron chi connectivity index (χ2n) is 7.69. The summed E-state index contributed by atoms with van der Waals surface area (Å²) in [7, 11) is -3.70. The number of fused-ring (bicyclic) bond motifs is 1. The molecule has 0 bridgehead atoms. The summed E-state index contributed by atoms with van der Waals surface area (Å²) in [6.45, 7) is 2.04. The Morgan fingerprint density at radius 3 is 2.52 bits per heavy atom. The van der Waals surface area contributed by atoms with E-state index in [2.05, 4.69) is 5.32 Å². The fraction of sp³-hybridized carbons (Fsp3) is 0.174. The van der Waals surface area contributed by atoms with Gasteiger partial charge in [0.2, 0.25) is 10.0 Å². The van der Waals surface area contributed by atoms with E-state index < -0.39 is 20.9 Å². The number of rotatable bonds is 5. The molecule has 1 heterocycles. The van der Waals surface area contributed by atoms with Gasteiger partial charge in [-0.25, -0.2) is 8.42 Å². The van der Waals surface area contributed by atoms with Gasteiger partial charge in [0, 0.05) is 41.0 Å². The third-order valence-corrected chi connectivity index (χ3v) is 7.75. The Hall–Kier alpha value is -3.27. The van der Waals surface area contributed by atoms with Crippen LogP contribution in [0.5, 0.6) is 0 Å². The van der Waals surface area contributed by atoms with Crippen molar-refractivity contribution in [3.05, 3.63) is 98.1 Å². The molecule has 3 aromatic rings. The third kappa shape index (κ3) is 4.61. The highest BCUT2D eigenvalue weighted by molar-refractivity contribution is 7.89. The average molecular weight is 486 g/mol. The summed E-state index contributed by atoms with van der Waals surface area (Å²) in [6, 6.07) is 15.7. The molecule has 4 rings (SSSR count). The highest BCUT2D eigenvalue weighted by Gasteiger charge is 2.28. The molecule has 3 aromatic carbocycles. The molecule has 0 saturated carbocycles. The Morgan fingerprint density at radius 1 is 1.09 bits per heavy atom. The summed E-state index contributed by atoms with van der Waals surface area (Å²) in [5.74, 6) is -0.474. The molecular weight excluding hydrogens is 466 g/mol. The van der Waals surface area contributed by atoms with Crippen LogP contribution in [0.15, 0.2) is 65.6 Å². The van der Waals surface area contributed by atoms with E-state index >= 15 is 0 Å². The minimum atomic E-state index is -3.70. The number of nitro groups is 1. The number of amides is 1. The maximum absolute atomic E-state index is 13.0. The van der Waals surface area contributed by atoms with Crippen molar-refractivity contribution in [1.29, 1.82) is 0 Å². The zero-order chi connectivity index (χ0) is 23.8. The molecular formula is C23H20ClN3O5S. The molecule has 10 heteroatoms. The van der Waals surface area contributed by atoms with Gasteiger partial charge in [-0.2, -0.15) is 4.31 Å². The molecule has 1 N–H and O–H groups in total. The van der Waals surface area contributed by atoms with Crippen LogP contribution < -0.4 is 5.32 Å². The van der Waals surface area contributed by atoms with E-state index in [1.165, 1.54) is 53.7 Å². The van der Waals surface area contributed by atoms with Gasteiger partial charge < -0.3 is 5.32 Å². The normalized spacial score (nSPS) is 13.9. The number of hydrogen-bond donors (Lipinski definition) is 1. The predicted octanol–water partition coefficient (Wildman–Crippen LogP) is 4.56. The first-order valence-corrected chi connectivity index (χ1v) is 11.9. The number of halogens is 1. The van der Waals surface area contributed by atoms with Crippen LogP contribution in [0.1, 0.15) is 27.0 Å². The SMILES string of the molecule is Cc1c(C(=O)Nc2ccc3c(c2)CN(S(=O)(=O)c2ccc(Cl)cc2)CC3)cccc1[N+](=O)[O-]. The van der Waals surface area contributed by atoms with Crippen LogP contribution in [0.25, 0.3) is 0 Å². The molecule has 0 radical (unpaired) electrons. The van der Waals surface area contributed by atoms with Gasteiger partial charge in [0.05, 0.1) is 9.82 Å². The molecule has 1 aliphatic heterocycles. The van der Waals surface area contributed by atoms with Crippen LogP contribution in [-0.4, -0.2) is 30.1 Å². The van der Waals surface area contributed by atoms with Crippen LogP contribution in [0.4, 0.5) is 11.4 Å². The smallest absolute Gasteiger partial charge is 0.273 e. The van der Waals surface area contributed by atoms with Gasteiger partial charge in [0.15, 0.2) is 0 Å². The molecule has 170 valence electrons. The molecule has 1 amide bonds. The van der Waals surface area contributed by atoms with Crippen molar-refractivity contribution in [1.82, 2.24) is 4.31 Å². The highest BCUT2D eigenvalue weighted by atomic mass is 35.5. The second-order valence-corrected chi connectivity index (χ2v) is 10.1. The maximum Gasteiger partial charge on any atom is 0.273 e. The summed E-state index contributed by atoms with van der Waals surface area (Å²) in [4.78, 5) is 23.6. The number of nitrogens with one attached hydrogen (secondary N) is 1. The first-order chi connectivity index (χ1) is 15.7. The number of carbonyl (C=O) groups is 1. The van der Waals surface area contributed by atoms with Crippen LogP contribution in [-0.2, 0) is 23.0 Å². The Balaban J connectivity index is 1.56. The Kier molecular flexibility index (Phi) is 6.20. The summed E-state index contributed by atoms with van der Waals surface area (Å²) >= 11 is 5.88. The number of benzene rings is 3. The van der Waals surface area contributed by atoms with Crippen molar-refractivity contribution < 1.29 is 18.1 Å². The molecule has 0 saturated heterocycles. The molecule has 8 nitrogen and oxygen atoms in total. The van der Waals surface area contributed by atoms with Crippen molar-refractivity contribution in [3.8, 4) is 0 Å². The number of anilines is 1. The zero-order valence-corrected chi connectivity index (χ0v) is 19.2. The van der Waals surface area contributed by atoms with Gasteiger partial charge in [0.1, 0.15) is 0 Å². The second kappa shape index (κ2) is 8.93. The third-order valence-electron chi connectivity index (χ3n) is 5.64. The fourth-order valence-corrected chi connectivity index (χ4v) is 5.38. The standard InChI is InChI=1S/C23H20ClN3O5S/c1-15-21(3-2-4-22(15)27(29)30)23(28)25-19-8-5-16-11-12-26(14-17(16)13-19)33(31,32)20-9-6-18(24)7-10-20/h2-10,13H,11-12,14H2,1H3,(H,25,28). The number of nitro benzene ring substituents is 1. The van der Waals surface area contributed by atoms with Gasteiger partial charge in [0.25, 0.3) is 11.6 Å². The minimum Gasteiger partial charge on any atom is -0.322 e. The quantitative estimate of drug-likeness (QED) is 0.421. The van der Waals surface area contributed by atoms with Gasteiger partial charge in [-0.1, -0.05) is 23.7 Å². The molecule has 33 heavy (non-hydrogen) atoms. The molecule has 0 fully saturated rings. The summed E-state index contributed by atoms with van der Waals surface area (Å²) in [5.41, 5.74) is 2.62. The van der Waals surface area contributed by atoms with Gasteiger partial charge >= 0.3 is 0 Å². The zero-order valence-electron chi connectivity index (χ0n) is 17.6. The van der Waals surface area contributed by atoms with E-state index in [9.17, 15) is 23.3 Å². The number of carbonyl (C=O) groups excluding carboxylic acids is 1. The Morgan fingerprint density at radius 2 is 1.82 bits per heavy atom. The lowest BCUT2D eigenvalue weighted by atomic mass is 10.00. The van der Waals surface area contributed by atoms with Crippen LogP contribution >= 0.6 is 11.6 Å². The van der Waals surface area contributed by atoms with E-state index in [0.717, 1.165) is 11.1 Å². The molecule has 0 aromatic heterocycles. The first-order valence-electron chi connectivity index (χ1n) is 10.1. The largest absolute Gasteiger partial charge is 0.322 e. The lowest BCUT2D eigenvalue weighted by Gasteiger charge is -2.28. The summed E-state index contributed by atoms with van der Waals surface area (Å²) in [6.07, 6.45) is 0.542. The molecule has 0 unspecified atom stereocenters. The molecule has 0 atom stereocenters. The number of sulfonamides is 1. The monoisotopic (exact) mass is 485 g/mol. The highest BCUT2D eigenvalue weighted by Crippen LogP contribution is 2.28. The van der Waals surface area contributed by atoms with Crippen molar-refractivity contribution >= 4 is 38.9 Å². The van der Waals surface area contributed by atoms with Crippen LogP contribution in [0.3, 0.4) is 0 Å². The van der Waals surface area contributed by atoms with Crippen molar-refractivity contribution in [2.45, 2.75) is 24.8 Å². The van der Waals surface area contributed by atoms with Crippen LogP contribution in [0.2, 0.25) is 5.02 Å². The average Bonchev–Trinajstić information content (AvgIpc) is 2.78. The number of hydrogen-bond acceptors (Lipinski definition) is 5. The Labute approximate surface area is 196 Å². The summed E-state index contributed by atoms with van der Waals surface area (Å²) < 4.78 is 27.5. The Bertz CT molecular complexity index is 1360. The fourth-order valence-electron chi connectivity index (χ4n) is 3.84. The van der Waals surface area contributed by atoms with E-state index in [1.54, 1.807) is 12.1 Å². The van der Waals surface area contributed by atoms with E-state index in [4.69, 9.17) is 11.6 Å². The van der Waals surface area contributed by atoms with Crippen LogP contribution in [0, 0.1) is 17.0 Å². The lowest BCUT2D eigenvalue weighted by Crippen LogP contribution is -2.36. The number of nitrogens with zero attached hydrogens (tertiary/aromatic N) is 2. The molecule has 0 aliphatic carbocycles. The minimum absolute atomic E-state index is 0.129. The van der Waals surface area contributed by atoms with Crippen molar-refractivity contribution in [2.24, 2.45) is 0 Å². The van der Waals surface area contributed by atoms with Gasteiger partial charge in [-0.3, -0.25) is 14.9 Å².